The summed E-state index contributed by atoms with van der Waals surface area (Å²) in [4.78, 5) is 2.74. The van der Waals surface area contributed by atoms with Gasteiger partial charge >= 0.3 is 0 Å². The van der Waals surface area contributed by atoms with Crippen LogP contribution in [0.25, 0.3) is 0 Å². The van der Waals surface area contributed by atoms with Gasteiger partial charge in [0.15, 0.2) is 0 Å². The van der Waals surface area contributed by atoms with Crippen LogP contribution in [-0.4, -0.2) is 31.1 Å². The molecule has 0 unspecified atom stereocenters. The molecular weight excluding hydrogens is 279 g/mol. The Labute approximate surface area is 128 Å². The van der Waals surface area contributed by atoms with Gasteiger partial charge in [0.25, 0.3) is 0 Å². The van der Waals surface area contributed by atoms with Crippen LogP contribution >= 0.6 is 24.8 Å². The molecule has 0 amide bonds. The number of hydrogen-bond acceptors (Lipinski definition) is 2. The number of piperidine rings is 1. The molecule has 2 heterocycles. The Balaban J connectivity index is 0.000000902. The highest BCUT2D eigenvalue weighted by atomic mass is 35.5. The summed E-state index contributed by atoms with van der Waals surface area (Å²) in [7, 11) is 0. The van der Waals surface area contributed by atoms with E-state index in [0.29, 0.717) is 5.54 Å². The van der Waals surface area contributed by atoms with Crippen molar-refractivity contribution in [3.8, 4) is 0 Å². The summed E-state index contributed by atoms with van der Waals surface area (Å²) in [5, 5.41) is 3.51. The van der Waals surface area contributed by atoms with Crippen molar-refractivity contribution in [3.05, 3.63) is 35.9 Å². The molecule has 0 saturated carbocycles. The molecule has 19 heavy (non-hydrogen) atoms. The predicted octanol–water partition coefficient (Wildman–Crippen LogP) is 3.20. The molecule has 0 aromatic heterocycles. The van der Waals surface area contributed by atoms with E-state index >= 15 is 0 Å². The van der Waals surface area contributed by atoms with Gasteiger partial charge in [-0.05, 0) is 57.4 Å². The van der Waals surface area contributed by atoms with Crippen molar-refractivity contribution in [2.24, 2.45) is 0 Å². The van der Waals surface area contributed by atoms with Crippen molar-refractivity contribution in [1.82, 2.24) is 10.2 Å². The topological polar surface area (TPSA) is 15.3 Å². The van der Waals surface area contributed by atoms with Crippen LogP contribution in [0.2, 0.25) is 0 Å². The first-order chi connectivity index (χ1) is 8.42. The van der Waals surface area contributed by atoms with Gasteiger partial charge in [-0.25, -0.2) is 0 Å². The van der Waals surface area contributed by atoms with Gasteiger partial charge in [0.2, 0.25) is 0 Å². The number of hydrogen-bond donors (Lipinski definition) is 1. The number of rotatable bonds is 2. The Morgan fingerprint density at radius 2 is 1.47 bits per heavy atom. The predicted molar refractivity (Wildman–Crippen MR) is 85.5 cm³/mol. The second kappa shape index (κ2) is 7.49. The average molecular weight is 303 g/mol. The van der Waals surface area contributed by atoms with Gasteiger partial charge in [0, 0.05) is 5.54 Å². The molecule has 3 rings (SSSR count). The van der Waals surface area contributed by atoms with Gasteiger partial charge in [0.05, 0.1) is 0 Å². The van der Waals surface area contributed by atoms with Gasteiger partial charge in [-0.1, -0.05) is 30.3 Å². The Morgan fingerprint density at radius 1 is 0.895 bits per heavy atom. The molecule has 0 spiro atoms. The van der Waals surface area contributed by atoms with E-state index in [9.17, 15) is 0 Å². The molecule has 4 heteroatoms. The monoisotopic (exact) mass is 302 g/mol. The van der Waals surface area contributed by atoms with E-state index in [-0.39, 0.29) is 24.8 Å². The molecule has 2 aliphatic rings. The SMILES string of the molecule is Cl.Cl.c1ccc(C2(N3CCCC3)CCNCC2)cc1. The van der Waals surface area contributed by atoms with Crippen LogP contribution < -0.4 is 5.32 Å². The third-order valence-electron chi connectivity index (χ3n) is 4.45. The van der Waals surface area contributed by atoms with Gasteiger partial charge in [-0.15, -0.1) is 24.8 Å². The molecule has 1 aromatic rings. The number of benzene rings is 1. The quantitative estimate of drug-likeness (QED) is 0.902. The Kier molecular flexibility index (Phi) is 6.61. The first-order valence-electron chi connectivity index (χ1n) is 6.93. The molecule has 2 saturated heterocycles. The number of nitrogens with zero attached hydrogens (tertiary/aromatic N) is 1. The van der Waals surface area contributed by atoms with Crippen molar-refractivity contribution >= 4 is 24.8 Å². The van der Waals surface area contributed by atoms with E-state index in [0.717, 1.165) is 13.1 Å². The van der Waals surface area contributed by atoms with Gasteiger partial charge in [-0.2, -0.15) is 0 Å². The van der Waals surface area contributed by atoms with Crippen LogP contribution in [0, 0.1) is 0 Å². The lowest BCUT2D eigenvalue weighted by Crippen LogP contribution is -2.51. The zero-order valence-electron chi connectivity index (χ0n) is 11.3. The van der Waals surface area contributed by atoms with Crippen molar-refractivity contribution in [3.63, 3.8) is 0 Å². The molecule has 0 bridgehead atoms. The first-order valence-corrected chi connectivity index (χ1v) is 6.93. The van der Waals surface area contributed by atoms with Crippen LogP contribution in [0.3, 0.4) is 0 Å². The first kappa shape index (κ1) is 16.8. The molecular formula is C15H24Cl2N2. The number of halogens is 2. The maximum absolute atomic E-state index is 3.51. The lowest BCUT2D eigenvalue weighted by atomic mass is 9.80. The fraction of sp³-hybridized carbons (Fsp3) is 0.600. The van der Waals surface area contributed by atoms with Crippen molar-refractivity contribution in [2.75, 3.05) is 26.2 Å². The molecule has 1 aromatic carbocycles. The standard InChI is InChI=1S/C15H22N2.2ClH/c1-2-6-14(7-3-1)15(8-10-16-11-9-15)17-12-4-5-13-17;;/h1-3,6-7,16H,4-5,8-13H2;2*1H. The second-order valence-corrected chi connectivity index (χ2v) is 5.34. The van der Waals surface area contributed by atoms with Crippen molar-refractivity contribution in [2.45, 2.75) is 31.2 Å². The minimum atomic E-state index is 0. The molecule has 1 N–H and O–H groups in total. The largest absolute Gasteiger partial charge is 0.317 e. The lowest BCUT2D eigenvalue weighted by molar-refractivity contribution is 0.0777. The Bertz CT molecular complexity index is 358. The highest BCUT2D eigenvalue weighted by Gasteiger charge is 2.40. The minimum Gasteiger partial charge on any atom is -0.317 e. The molecule has 0 aliphatic carbocycles. The number of likely N-dealkylation sites (tertiary alicyclic amines) is 1. The van der Waals surface area contributed by atoms with Gasteiger partial charge in [-0.3, -0.25) is 4.90 Å². The summed E-state index contributed by atoms with van der Waals surface area (Å²) >= 11 is 0. The maximum Gasteiger partial charge on any atom is 0.0484 e. The third-order valence-corrected chi connectivity index (χ3v) is 4.45. The second-order valence-electron chi connectivity index (χ2n) is 5.34. The maximum atomic E-state index is 3.51. The summed E-state index contributed by atoms with van der Waals surface area (Å²) in [5.41, 5.74) is 1.85. The van der Waals surface area contributed by atoms with E-state index in [1.807, 2.05) is 0 Å². The molecule has 0 radical (unpaired) electrons. The smallest absolute Gasteiger partial charge is 0.0484 e. The number of nitrogens with one attached hydrogen (secondary N) is 1. The minimum absolute atomic E-state index is 0. The fourth-order valence-corrected chi connectivity index (χ4v) is 3.52. The van der Waals surface area contributed by atoms with Gasteiger partial charge < -0.3 is 5.32 Å². The molecule has 2 fully saturated rings. The van der Waals surface area contributed by atoms with E-state index in [4.69, 9.17) is 0 Å². The van der Waals surface area contributed by atoms with Gasteiger partial charge in [0.1, 0.15) is 0 Å². The molecule has 2 aliphatic heterocycles. The van der Waals surface area contributed by atoms with Crippen LogP contribution in [0.15, 0.2) is 30.3 Å². The molecule has 108 valence electrons. The Morgan fingerprint density at radius 3 is 2.05 bits per heavy atom. The van der Waals surface area contributed by atoms with E-state index in [1.54, 1.807) is 0 Å². The van der Waals surface area contributed by atoms with Crippen LogP contribution in [0.5, 0.6) is 0 Å². The van der Waals surface area contributed by atoms with E-state index < -0.39 is 0 Å². The summed E-state index contributed by atoms with van der Waals surface area (Å²) in [5.74, 6) is 0. The van der Waals surface area contributed by atoms with E-state index in [2.05, 4.69) is 40.5 Å². The highest BCUT2D eigenvalue weighted by Crippen LogP contribution is 2.39. The van der Waals surface area contributed by atoms with Crippen molar-refractivity contribution in [1.29, 1.82) is 0 Å². The molecule has 2 nitrogen and oxygen atoms in total. The highest BCUT2D eigenvalue weighted by molar-refractivity contribution is 5.85. The normalized spacial score (nSPS) is 22.3. The Hall–Kier alpha value is -0.280. The van der Waals surface area contributed by atoms with Crippen LogP contribution in [0.4, 0.5) is 0 Å². The average Bonchev–Trinajstić information content (AvgIpc) is 2.95. The summed E-state index contributed by atoms with van der Waals surface area (Å²) in [6, 6.07) is 11.2. The van der Waals surface area contributed by atoms with Crippen LogP contribution in [0.1, 0.15) is 31.2 Å². The zero-order valence-corrected chi connectivity index (χ0v) is 12.9. The fourth-order valence-electron chi connectivity index (χ4n) is 3.52. The zero-order chi connectivity index (χ0) is 11.6. The summed E-state index contributed by atoms with van der Waals surface area (Å²) in [6.45, 7) is 4.89. The molecule has 0 atom stereocenters. The van der Waals surface area contributed by atoms with Crippen molar-refractivity contribution < 1.29 is 0 Å². The summed E-state index contributed by atoms with van der Waals surface area (Å²) < 4.78 is 0. The lowest BCUT2D eigenvalue weighted by Gasteiger charge is -2.45. The third kappa shape index (κ3) is 3.25. The van der Waals surface area contributed by atoms with E-state index in [1.165, 1.54) is 44.3 Å². The summed E-state index contributed by atoms with van der Waals surface area (Å²) in [6.07, 6.45) is 5.28. The van der Waals surface area contributed by atoms with Crippen LogP contribution in [-0.2, 0) is 5.54 Å².